The van der Waals surface area contributed by atoms with Crippen molar-refractivity contribution in [2.45, 2.75) is 16.7 Å². The molecule has 2 rings (SSSR count). The van der Waals surface area contributed by atoms with Crippen molar-refractivity contribution in [1.82, 2.24) is 29.8 Å². The summed E-state index contributed by atoms with van der Waals surface area (Å²) in [6, 6.07) is 0. The lowest BCUT2D eigenvalue weighted by Crippen LogP contribution is -2.19. The van der Waals surface area contributed by atoms with Crippen LogP contribution in [0.5, 0.6) is 0 Å². The summed E-state index contributed by atoms with van der Waals surface area (Å²) in [7, 11) is 2.89. The van der Waals surface area contributed by atoms with Crippen molar-refractivity contribution in [2.24, 2.45) is 7.05 Å². The average Bonchev–Trinajstić information content (AvgIpc) is 2.82. The Labute approximate surface area is 111 Å². The van der Waals surface area contributed by atoms with Crippen LogP contribution in [0, 0.1) is 0 Å². The first-order valence-electron chi connectivity index (χ1n) is 5.14. The highest BCUT2D eigenvalue weighted by Crippen LogP contribution is 2.19. The summed E-state index contributed by atoms with van der Waals surface area (Å²) < 4.78 is 7.16. The number of rotatable bonds is 4. The monoisotopic (exact) mass is 282 g/mol. The summed E-state index contributed by atoms with van der Waals surface area (Å²) in [5.41, 5.74) is -0.264. The van der Waals surface area contributed by atoms with Gasteiger partial charge in [0.05, 0.1) is 7.11 Å². The van der Waals surface area contributed by atoms with Crippen molar-refractivity contribution >= 4 is 17.7 Å². The van der Waals surface area contributed by atoms with E-state index in [4.69, 9.17) is 0 Å². The van der Waals surface area contributed by atoms with Gasteiger partial charge in [0.25, 0.3) is 5.56 Å². The number of tetrazole rings is 1. The van der Waals surface area contributed by atoms with Crippen LogP contribution in [0.2, 0.25) is 0 Å². The van der Waals surface area contributed by atoms with E-state index < -0.39 is 5.97 Å². The Hall–Kier alpha value is -2.23. The molecule has 0 spiro atoms. The molecule has 2 heterocycles. The number of esters is 1. The first kappa shape index (κ1) is 13.2. The van der Waals surface area contributed by atoms with Crippen LogP contribution >= 0.6 is 11.8 Å². The van der Waals surface area contributed by atoms with E-state index in [1.807, 2.05) is 0 Å². The largest absolute Gasteiger partial charge is 0.468 e. The van der Waals surface area contributed by atoms with Gasteiger partial charge in [0.1, 0.15) is 6.54 Å². The van der Waals surface area contributed by atoms with Crippen molar-refractivity contribution in [3.63, 3.8) is 0 Å². The molecule has 0 atom stereocenters. The fourth-order valence-corrected chi connectivity index (χ4v) is 1.99. The Morgan fingerprint density at radius 3 is 3.05 bits per heavy atom. The first-order valence-corrected chi connectivity index (χ1v) is 5.96. The van der Waals surface area contributed by atoms with Gasteiger partial charge >= 0.3 is 5.97 Å². The summed E-state index contributed by atoms with van der Waals surface area (Å²) in [6.07, 6.45) is 3.04. The van der Waals surface area contributed by atoms with E-state index in [2.05, 4.69) is 25.2 Å². The maximum absolute atomic E-state index is 11.8. The zero-order valence-corrected chi connectivity index (χ0v) is 11.0. The minimum absolute atomic E-state index is 0.126. The number of hydrogen-bond donors (Lipinski definition) is 0. The van der Waals surface area contributed by atoms with Crippen LogP contribution in [0.1, 0.15) is 0 Å². The summed E-state index contributed by atoms with van der Waals surface area (Å²) in [6.45, 7) is -0.126. The molecule has 9 nitrogen and oxygen atoms in total. The van der Waals surface area contributed by atoms with Gasteiger partial charge in [-0.25, -0.2) is 9.67 Å². The summed E-state index contributed by atoms with van der Waals surface area (Å²) in [4.78, 5) is 26.9. The molecule has 0 fully saturated rings. The van der Waals surface area contributed by atoms with E-state index in [9.17, 15) is 9.59 Å². The van der Waals surface area contributed by atoms with Crippen molar-refractivity contribution in [3.05, 3.63) is 22.7 Å². The van der Waals surface area contributed by atoms with Crippen molar-refractivity contribution in [3.8, 4) is 0 Å². The highest BCUT2D eigenvalue weighted by atomic mass is 32.2. The van der Waals surface area contributed by atoms with Crippen molar-refractivity contribution < 1.29 is 9.53 Å². The van der Waals surface area contributed by atoms with Crippen LogP contribution in [-0.2, 0) is 23.1 Å². The lowest BCUT2D eigenvalue weighted by Gasteiger charge is -2.03. The van der Waals surface area contributed by atoms with E-state index in [1.54, 1.807) is 13.2 Å². The predicted octanol–water partition coefficient (Wildman–Crippen LogP) is -0.909. The number of methoxy groups -OCH3 is 1. The highest BCUT2D eigenvalue weighted by molar-refractivity contribution is 7.99. The van der Waals surface area contributed by atoms with Gasteiger partial charge in [-0.3, -0.25) is 9.59 Å². The fourth-order valence-electron chi connectivity index (χ4n) is 1.19. The molecule has 0 radical (unpaired) electrons. The number of nitrogens with zero attached hydrogens (tertiary/aromatic N) is 6. The summed E-state index contributed by atoms with van der Waals surface area (Å²) >= 11 is 0.989. The molecule has 0 aliphatic rings. The molecule has 0 aromatic carbocycles. The quantitative estimate of drug-likeness (QED) is 0.664. The van der Waals surface area contributed by atoms with Gasteiger partial charge in [-0.15, -0.1) is 5.10 Å². The number of aromatic nitrogens is 6. The first-order chi connectivity index (χ1) is 9.11. The molecule has 0 saturated carbocycles. The van der Waals surface area contributed by atoms with Crippen LogP contribution in [0.15, 0.2) is 27.4 Å². The van der Waals surface area contributed by atoms with Gasteiger partial charge in [-0.05, 0) is 22.2 Å². The second-order valence-corrected chi connectivity index (χ2v) is 4.40. The molecular formula is C9H10N6O3S. The molecule has 2 aromatic rings. The van der Waals surface area contributed by atoms with Crippen molar-refractivity contribution in [2.75, 3.05) is 7.11 Å². The number of carbonyl (C=O) groups excluding carboxylic acids is 1. The smallest absolute Gasteiger partial charge is 0.327 e. The lowest BCUT2D eigenvalue weighted by atomic mass is 10.7. The van der Waals surface area contributed by atoms with Gasteiger partial charge in [-0.1, -0.05) is 0 Å². The molecule has 0 bridgehead atoms. The zero-order chi connectivity index (χ0) is 13.8. The van der Waals surface area contributed by atoms with Crippen LogP contribution in [0.25, 0.3) is 0 Å². The van der Waals surface area contributed by atoms with E-state index in [1.165, 1.54) is 22.6 Å². The van der Waals surface area contributed by atoms with Crippen LogP contribution in [0.4, 0.5) is 0 Å². The maximum atomic E-state index is 11.8. The number of carbonyl (C=O) groups is 1. The normalized spacial score (nSPS) is 10.4. The van der Waals surface area contributed by atoms with Gasteiger partial charge in [-0.2, -0.15) is 0 Å². The second kappa shape index (κ2) is 5.61. The average molecular weight is 282 g/mol. The van der Waals surface area contributed by atoms with E-state index >= 15 is 0 Å². The van der Waals surface area contributed by atoms with Crippen LogP contribution in [0.3, 0.4) is 0 Å². The molecular weight excluding hydrogens is 272 g/mol. The Balaban J connectivity index is 2.24. The van der Waals surface area contributed by atoms with Crippen molar-refractivity contribution in [1.29, 1.82) is 0 Å². The Kier molecular flexibility index (Phi) is 3.90. The lowest BCUT2D eigenvalue weighted by molar-refractivity contribution is -0.141. The summed E-state index contributed by atoms with van der Waals surface area (Å²) in [5, 5.41) is 11.4. The minimum Gasteiger partial charge on any atom is -0.468 e. The maximum Gasteiger partial charge on any atom is 0.327 e. The molecule has 0 N–H and O–H groups in total. The predicted molar refractivity (Wildman–Crippen MR) is 63.4 cm³/mol. The molecule has 100 valence electrons. The van der Waals surface area contributed by atoms with E-state index in [0.29, 0.717) is 5.16 Å². The molecule has 0 amide bonds. The Morgan fingerprint density at radius 2 is 2.32 bits per heavy atom. The third-order valence-electron chi connectivity index (χ3n) is 2.18. The molecule has 0 aliphatic carbocycles. The van der Waals surface area contributed by atoms with Gasteiger partial charge in [0, 0.05) is 19.4 Å². The van der Waals surface area contributed by atoms with Gasteiger partial charge in [0.15, 0.2) is 5.03 Å². The van der Waals surface area contributed by atoms with Gasteiger partial charge in [0.2, 0.25) is 5.16 Å². The van der Waals surface area contributed by atoms with Crippen LogP contribution < -0.4 is 5.56 Å². The molecule has 19 heavy (non-hydrogen) atoms. The molecule has 0 unspecified atom stereocenters. The standard InChI is InChI=1S/C9H10N6O3S/c1-14-4-3-10-7(8(14)17)19-9-11-12-13-15(9)5-6(16)18-2/h3-4H,5H2,1-2H3. The molecule has 0 aliphatic heterocycles. The Bertz CT molecular complexity index is 651. The van der Waals surface area contributed by atoms with Crippen LogP contribution in [-0.4, -0.2) is 42.8 Å². The summed E-state index contributed by atoms with van der Waals surface area (Å²) in [5.74, 6) is -0.483. The van der Waals surface area contributed by atoms with Gasteiger partial charge < -0.3 is 9.30 Å². The topological polar surface area (TPSA) is 105 Å². The number of aryl methyl sites for hydroxylation is 1. The van der Waals surface area contributed by atoms with E-state index in [0.717, 1.165) is 11.8 Å². The third kappa shape index (κ3) is 2.96. The van der Waals surface area contributed by atoms with E-state index in [-0.39, 0.29) is 17.1 Å². The molecule has 2 aromatic heterocycles. The SMILES string of the molecule is COC(=O)Cn1nnnc1Sc1nccn(C)c1=O. The number of hydrogen-bond acceptors (Lipinski definition) is 8. The molecule has 0 saturated heterocycles. The Morgan fingerprint density at radius 1 is 1.53 bits per heavy atom. The minimum atomic E-state index is -0.483. The second-order valence-electron chi connectivity index (χ2n) is 3.45. The fraction of sp³-hybridized carbons (Fsp3) is 0.333. The highest BCUT2D eigenvalue weighted by Gasteiger charge is 2.14. The third-order valence-corrected chi connectivity index (χ3v) is 3.13. The number of ether oxygens (including phenoxy) is 1. The zero-order valence-electron chi connectivity index (χ0n) is 10.2. The molecule has 10 heteroatoms.